The van der Waals surface area contributed by atoms with Crippen molar-refractivity contribution in [1.29, 1.82) is 0 Å². The summed E-state index contributed by atoms with van der Waals surface area (Å²) in [5.74, 6) is 0.0311. The third-order valence-corrected chi connectivity index (χ3v) is 4.87. The van der Waals surface area contributed by atoms with E-state index in [1.807, 2.05) is 31.2 Å². The Hall–Kier alpha value is -2.08. The first-order valence-corrected chi connectivity index (χ1v) is 8.85. The number of hydrogen-bond donors (Lipinski definition) is 2. The van der Waals surface area contributed by atoms with E-state index < -0.39 is 0 Å². The maximum Gasteiger partial charge on any atom is 0.321 e. The molecule has 2 aliphatic heterocycles. The highest BCUT2D eigenvalue weighted by molar-refractivity contribution is 5.96. The number of nitrogens with zero attached hydrogens (tertiary/aromatic N) is 2. The molecule has 130 valence electrons. The number of likely N-dealkylation sites (tertiary alicyclic amines) is 1. The van der Waals surface area contributed by atoms with Crippen LogP contribution in [0.2, 0.25) is 0 Å². The lowest BCUT2D eigenvalue weighted by molar-refractivity contribution is -0.120. The molecule has 3 amide bonds. The summed E-state index contributed by atoms with van der Waals surface area (Å²) in [5, 5.41) is 5.77. The first-order valence-electron chi connectivity index (χ1n) is 8.85. The van der Waals surface area contributed by atoms with Crippen LogP contribution in [0.4, 0.5) is 16.2 Å². The molecule has 1 aromatic carbocycles. The van der Waals surface area contributed by atoms with E-state index >= 15 is 0 Å². The van der Waals surface area contributed by atoms with E-state index in [2.05, 4.69) is 15.5 Å². The lowest BCUT2D eigenvalue weighted by Crippen LogP contribution is -2.42. The molecule has 0 bridgehead atoms. The van der Waals surface area contributed by atoms with Crippen LogP contribution in [0.5, 0.6) is 0 Å². The fraction of sp³-hybridized carbons (Fsp3) is 0.556. The largest absolute Gasteiger partial charge is 0.336 e. The van der Waals surface area contributed by atoms with E-state index in [0.717, 1.165) is 24.5 Å². The molecule has 2 saturated heterocycles. The van der Waals surface area contributed by atoms with Crippen LogP contribution in [0.25, 0.3) is 0 Å². The van der Waals surface area contributed by atoms with Crippen LogP contribution in [-0.4, -0.2) is 49.1 Å². The van der Waals surface area contributed by atoms with Gasteiger partial charge in [-0.2, -0.15) is 0 Å². The Bertz CT molecular complexity index is 579. The molecule has 1 atom stereocenters. The summed E-state index contributed by atoms with van der Waals surface area (Å²) in [7, 11) is 0. The Labute approximate surface area is 143 Å². The van der Waals surface area contributed by atoms with E-state index in [1.54, 1.807) is 4.90 Å². The van der Waals surface area contributed by atoms with Gasteiger partial charge < -0.3 is 10.6 Å². The fourth-order valence-electron chi connectivity index (χ4n) is 3.34. The number of benzene rings is 1. The summed E-state index contributed by atoms with van der Waals surface area (Å²) in [6.07, 6.45) is 4.86. The molecule has 2 N–H and O–H groups in total. The smallest absolute Gasteiger partial charge is 0.321 e. The summed E-state index contributed by atoms with van der Waals surface area (Å²) in [4.78, 5) is 28.1. The lowest BCUT2D eigenvalue weighted by Gasteiger charge is -2.26. The van der Waals surface area contributed by atoms with Crippen LogP contribution < -0.4 is 15.5 Å². The van der Waals surface area contributed by atoms with Gasteiger partial charge in [-0.1, -0.05) is 12.8 Å². The van der Waals surface area contributed by atoms with Crippen molar-refractivity contribution >= 4 is 23.3 Å². The van der Waals surface area contributed by atoms with E-state index in [0.29, 0.717) is 13.1 Å². The number of anilines is 2. The zero-order valence-corrected chi connectivity index (χ0v) is 14.3. The lowest BCUT2D eigenvalue weighted by atomic mass is 10.2. The number of amides is 3. The summed E-state index contributed by atoms with van der Waals surface area (Å²) in [5.41, 5.74) is 1.62. The number of hydrogen-bond acceptors (Lipinski definition) is 3. The molecule has 24 heavy (non-hydrogen) atoms. The molecule has 2 heterocycles. The summed E-state index contributed by atoms with van der Waals surface area (Å²) >= 11 is 0. The first kappa shape index (κ1) is 16.8. The highest BCUT2D eigenvalue weighted by atomic mass is 16.2. The normalized spacial score (nSPS) is 20.4. The molecule has 0 radical (unpaired) electrons. The maximum atomic E-state index is 12.5. The number of nitrogens with one attached hydrogen (secondary N) is 2. The molecule has 0 aliphatic carbocycles. The zero-order valence-electron chi connectivity index (χ0n) is 14.3. The van der Waals surface area contributed by atoms with Gasteiger partial charge in [0.2, 0.25) is 5.91 Å². The number of urea groups is 1. The average Bonchev–Trinajstić information content (AvgIpc) is 2.85. The van der Waals surface area contributed by atoms with Crippen molar-refractivity contribution < 1.29 is 9.59 Å². The minimum absolute atomic E-state index is 0.0311. The topological polar surface area (TPSA) is 64.7 Å². The summed E-state index contributed by atoms with van der Waals surface area (Å²) < 4.78 is 0. The molecule has 2 aliphatic rings. The predicted molar refractivity (Wildman–Crippen MR) is 95.3 cm³/mol. The van der Waals surface area contributed by atoms with E-state index in [9.17, 15) is 9.59 Å². The van der Waals surface area contributed by atoms with Crippen LogP contribution in [0.1, 0.15) is 32.6 Å². The van der Waals surface area contributed by atoms with Crippen molar-refractivity contribution in [2.45, 2.75) is 38.6 Å². The predicted octanol–water partition coefficient (Wildman–Crippen LogP) is 2.42. The second-order valence-corrected chi connectivity index (χ2v) is 6.55. The van der Waals surface area contributed by atoms with Crippen LogP contribution >= 0.6 is 0 Å². The highest BCUT2D eigenvalue weighted by Crippen LogP contribution is 2.20. The van der Waals surface area contributed by atoms with Crippen LogP contribution in [0.3, 0.4) is 0 Å². The fourth-order valence-corrected chi connectivity index (χ4v) is 3.34. The van der Waals surface area contributed by atoms with Gasteiger partial charge in [0.1, 0.15) is 0 Å². The summed E-state index contributed by atoms with van der Waals surface area (Å²) in [6, 6.07) is 7.27. The van der Waals surface area contributed by atoms with Crippen molar-refractivity contribution in [2.75, 3.05) is 36.4 Å². The van der Waals surface area contributed by atoms with Gasteiger partial charge in [0, 0.05) is 24.5 Å². The van der Waals surface area contributed by atoms with E-state index in [1.165, 1.54) is 25.7 Å². The monoisotopic (exact) mass is 330 g/mol. The molecule has 3 rings (SSSR count). The van der Waals surface area contributed by atoms with Crippen molar-refractivity contribution in [3.8, 4) is 0 Å². The van der Waals surface area contributed by atoms with Gasteiger partial charge in [0.05, 0.1) is 6.04 Å². The Balaban J connectivity index is 1.58. The third-order valence-electron chi connectivity index (χ3n) is 4.87. The van der Waals surface area contributed by atoms with Gasteiger partial charge in [-0.25, -0.2) is 4.79 Å². The van der Waals surface area contributed by atoms with Crippen molar-refractivity contribution in [3.05, 3.63) is 24.3 Å². The molecule has 2 fully saturated rings. The summed E-state index contributed by atoms with van der Waals surface area (Å²) in [6.45, 7) is 5.32. The maximum absolute atomic E-state index is 12.5. The average molecular weight is 330 g/mol. The minimum Gasteiger partial charge on any atom is -0.336 e. The Morgan fingerprint density at radius 2 is 1.75 bits per heavy atom. The first-order chi connectivity index (χ1) is 11.6. The second kappa shape index (κ2) is 7.66. The van der Waals surface area contributed by atoms with Gasteiger partial charge in [-0.15, -0.1) is 0 Å². The van der Waals surface area contributed by atoms with Crippen LogP contribution in [-0.2, 0) is 4.79 Å². The minimum atomic E-state index is -0.118. The number of carbonyl (C=O) groups excluding carboxylic acids is 2. The molecule has 0 aromatic heterocycles. The molecule has 0 unspecified atom stereocenters. The molecule has 6 nitrogen and oxygen atoms in total. The SMILES string of the molecule is C[C@H](C(=O)Nc1ccc(N2CCNC2=O)cc1)N1CCCCCC1. The highest BCUT2D eigenvalue weighted by Gasteiger charge is 2.23. The molecule has 0 spiro atoms. The van der Waals surface area contributed by atoms with Crippen molar-refractivity contribution in [2.24, 2.45) is 0 Å². The zero-order chi connectivity index (χ0) is 16.9. The van der Waals surface area contributed by atoms with Crippen LogP contribution in [0.15, 0.2) is 24.3 Å². The molecule has 0 saturated carbocycles. The Morgan fingerprint density at radius 1 is 1.08 bits per heavy atom. The number of carbonyl (C=O) groups is 2. The Morgan fingerprint density at radius 3 is 2.33 bits per heavy atom. The van der Waals surface area contributed by atoms with Gasteiger partial charge >= 0.3 is 6.03 Å². The molecule has 6 heteroatoms. The number of rotatable bonds is 4. The van der Waals surface area contributed by atoms with Gasteiger partial charge in [0.25, 0.3) is 0 Å². The van der Waals surface area contributed by atoms with Crippen molar-refractivity contribution in [3.63, 3.8) is 0 Å². The van der Waals surface area contributed by atoms with Crippen LogP contribution in [0, 0.1) is 0 Å². The standard InChI is InChI=1S/C18H26N4O2/c1-14(21-11-4-2-3-5-12-21)17(23)20-15-6-8-16(9-7-15)22-13-10-19-18(22)24/h6-9,14H,2-5,10-13H2,1H3,(H,19,24)(H,20,23)/t14-/m1/s1. The third kappa shape index (κ3) is 3.87. The van der Waals surface area contributed by atoms with Gasteiger partial charge in [-0.05, 0) is 57.1 Å². The quantitative estimate of drug-likeness (QED) is 0.891. The molecular weight excluding hydrogens is 304 g/mol. The van der Waals surface area contributed by atoms with Gasteiger partial charge in [0.15, 0.2) is 0 Å². The second-order valence-electron chi connectivity index (χ2n) is 6.55. The van der Waals surface area contributed by atoms with E-state index in [4.69, 9.17) is 0 Å². The molecule has 1 aromatic rings. The van der Waals surface area contributed by atoms with Gasteiger partial charge in [-0.3, -0.25) is 14.6 Å². The Kier molecular flexibility index (Phi) is 5.35. The van der Waals surface area contributed by atoms with E-state index in [-0.39, 0.29) is 18.0 Å². The molecular formula is C18H26N4O2. The van der Waals surface area contributed by atoms with Crippen molar-refractivity contribution in [1.82, 2.24) is 10.2 Å².